The predicted octanol–water partition coefficient (Wildman–Crippen LogP) is 3.73. The van der Waals surface area contributed by atoms with E-state index >= 15 is 0 Å². The first-order valence-corrected chi connectivity index (χ1v) is 7.82. The summed E-state index contributed by atoms with van der Waals surface area (Å²) in [6.45, 7) is 5.76. The number of hydrogen-bond donors (Lipinski definition) is 1. The minimum Gasteiger partial charge on any atom is -0.370 e. The zero-order valence-electron chi connectivity index (χ0n) is 12.3. The van der Waals surface area contributed by atoms with E-state index in [0.29, 0.717) is 0 Å². The van der Waals surface area contributed by atoms with Crippen molar-refractivity contribution in [2.45, 2.75) is 26.4 Å². The van der Waals surface area contributed by atoms with E-state index in [0.717, 1.165) is 49.1 Å². The molecule has 0 spiro atoms. The summed E-state index contributed by atoms with van der Waals surface area (Å²) in [5.74, 6) is 0.898. The van der Waals surface area contributed by atoms with Gasteiger partial charge in [0.1, 0.15) is 5.82 Å². The van der Waals surface area contributed by atoms with Gasteiger partial charge in [0.15, 0.2) is 0 Å². The molecule has 0 saturated heterocycles. The van der Waals surface area contributed by atoms with Crippen LogP contribution in [0.2, 0.25) is 5.02 Å². The molecule has 3 nitrogen and oxygen atoms in total. The molecule has 4 heteroatoms. The summed E-state index contributed by atoms with van der Waals surface area (Å²) in [6.07, 6.45) is 1.10. The number of halogens is 1. The Morgan fingerprint density at radius 1 is 1.19 bits per heavy atom. The molecule has 1 aromatic carbocycles. The van der Waals surface area contributed by atoms with Gasteiger partial charge in [0.05, 0.1) is 10.7 Å². The summed E-state index contributed by atoms with van der Waals surface area (Å²) in [6, 6.07) is 12.5. The zero-order chi connectivity index (χ0) is 14.7. The maximum atomic E-state index is 6.30. The molecule has 1 N–H and O–H groups in total. The van der Waals surface area contributed by atoms with Crippen LogP contribution in [0.5, 0.6) is 0 Å². The van der Waals surface area contributed by atoms with Crippen molar-refractivity contribution in [1.82, 2.24) is 9.88 Å². The van der Waals surface area contributed by atoms with Crippen LogP contribution in [0.1, 0.15) is 23.7 Å². The van der Waals surface area contributed by atoms with Crippen molar-refractivity contribution in [1.29, 1.82) is 0 Å². The SMILES string of the molecule is CCNc1ccc(Cl)c(CN2CCc3ccccc3C2)n1. The van der Waals surface area contributed by atoms with Crippen LogP contribution < -0.4 is 5.32 Å². The molecular formula is C17H20ClN3. The number of rotatable bonds is 4. The normalized spacial score (nSPS) is 14.8. The largest absolute Gasteiger partial charge is 0.370 e. The third-order valence-electron chi connectivity index (χ3n) is 3.86. The highest BCUT2D eigenvalue weighted by molar-refractivity contribution is 6.31. The molecule has 1 aromatic heterocycles. The number of nitrogens with one attached hydrogen (secondary N) is 1. The van der Waals surface area contributed by atoms with Crippen LogP contribution in [0.3, 0.4) is 0 Å². The molecule has 0 fully saturated rings. The topological polar surface area (TPSA) is 28.2 Å². The van der Waals surface area contributed by atoms with E-state index in [1.807, 2.05) is 12.1 Å². The monoisotopic (exact) mass is 301 g/mol. The van der Waals surface area contributed by atoms with Gasteiger partial charge in [-0.3, -0.25) is 4.90 Å². The summed E-state index contributed by atoms with van der Waals surface area (Å²) in [5.41, 5.74) is 3.84. The lowest BCUT2D eigenvalue weighted by atomic mass is 10.00. The summed E-state index contributed by atoms with van der Waals surface area (Å²) in [5, 5.41) is 3.99. The van der Waals surface area contributed by atoms with Gasteiger partial charge in [0.25, 0.3) is 0 Å². The van der Waals surface area contributed by atoms with E-state index in [1.54, 1.807) is 0 Å². The third-order valence-corrected chi connectivity index (χ3v) is 4.20. The number of aromatic nitrogens is 1. The van der Waals surface area contributed by atoms with Crippen molar-refractivity contribution >= 4 is 17.4 Å². The number of nitrogens with zero attached hydrogens (tertiary/aromatic N) is 2. The smallest absolute Gasteiger partial charge is 0.126 e. The van der Waals surface area contributed by atoms with Crippen LogP contribution in [0, 0.1) is 0 Å². The van der Waals surface area contributed by atoms with Gasteiger partial charge < -0.3 is 5.32 Å². The molecule has 110 valence electrons. The van der Waals surface area contributed by atoms with Gasteiger partial charge in [0.2, 0.25) is 0 Å². The van der Waals surface area contributed by atoms with E-state index < -0.39 is 0 Å². The van der Waals surface area contributed by atoms with Crippen molar-refractivity contribution < 1.29 is 0 Å². The minimum atomic E-state index is 0.746. The van der Waals surface area contributed by atoms with Crippen molar-refractivity contribution in [2.75, 3.05) is 18.4 Å². The van der Waals surface area contributed by atoms with Crippen LogP contribution in [0.4, 0.5) is 5.82 Å². The zero-order valence-corrected chi connectivity index (χ0v) is 13.0. The number of anilines is 1. The number of pyridine rings is 1. The van der Waals surface area contributed by atoms with Crippen molar-refractivity contribution in [2.24, 2.45) is 0 Å². The first kappa shape index (κ1) is 14.4. The van der Waals surface area contributed by atoms with Crippen molar-refractivity contribution in [3.05, 3.63) is 58.2 Å². The summed E-state index contributed by atoms with van der Waals surface area (Å²) >= 11 is 6.30. The Morgan fingerprint density at radius 2 is 2.00 bits per heavy atom. The first-order valence-electron chi connectivity index (χ1n) is 7.44. The molecule has 2 heterocycles. The van der Waals surface area contributed by atoms with Gasteiger partial charge in [-0.25, -0.2) is 4.98 Å². The Labute approximate surface area is 131 Å². The van der Waals surface area contributed by atoms with E-state index in [2.05, 4.69) is 46.4 Å². The molecule has 2 aromatic rings. The van der Waals surface area contributed by atoms with E-state index in [9.17, 15) is 0 Å². The van der Waals surface area contributed by atoms with Crippen LogP contribution in [0.15, 0.2) is 36.4 Å². The standard InChI is InChI=1S/C17H20ClN3/c1-2-19-17-8-7-15(18)16(20-17)12-21-10-9-13-5-3-4-6-14(13)11-21/h3-8H,2,9-12H2,1H3,(H,19,20). The lowest BCUT2D eigenvalue weighted by Gasteiger charge is -2.28. The average molecular weight is 302 g/mol. The Morgan fingerprint density at radius 3 is 2.81 bits per heavy atom. The highest BCUT2D eigenvalue weighted by Crippen LogP contribution is 2.23. The second-order valence-electron chi connectivity index (χ2n) is 5.38. The van der Waals surface area contributed by atoms with E-state index in [4.69, 9.17) is 11.6 Å². The molecule has 0 saturated carbocycles. The van der Waals surface area contributed by atoms with Crippen LogP contribution >= 0.6 is 11.6 Å². The number of fused-ring (bicyclic) bond motifs is 1. The summed E-state index contributed by atoms with van der Waals surface area (Å²) in [7, 11) is 0. The Bertz CT molecular complexity index is 627. The molecular weight excluding hydrogens is 282 g/mol. The van der Waals surface area contributed by atoms with Gasteiger partial charge >= 0.3 is 0 Å². The van der Waals surface area contributed by atoms with E-state index in [-0.39, 0.29) is 0 Å². The lowest BCUT2D eigenvalue weighted by molar-refractivity contribution is 0.243. The molecule has 0 atom stereocenters. The highest BCUT2D eigenvalue weighted by atomic mass is 35.5. The second kappa shape index (κ2) is 6.46. The molecule has 0 bridgehead atoms. The van der Waals surface area contributed by atoms with Crippen LogP contribution in [-0.4, -0.2) is 23.0 Å². The van der Waals surface area contributed by atoms with Crippen molar-refractivity contribution in [3.63, 3.8) is 0 Å². The Hall–Kier alpha value is -1.58. The fraction of sp³-hybridized carbons (Fsp3) is 0.353. The van der Waals surface area contributed by atoms with Crippen LogP contribution in [0.25, 0.3) is 0 Å². The molecule has 21 heavy (non-hydrogen) atoms. The van der Waals surface area contributed by atoms with Gasteiger partial charge in [-0.2, -0.15) is 0 Å². The fourth-order valence-electron chi connectivity index (χ4n) is 2.78. The average Bonchev–Trinajstić information content (AvgIpc) is 2.51. The minimum absolute atomic E-state index is 0.746. The molecule has 0 radical (unpaired) electrons. The van der Waals surface area contributed by atoms with E-state index in [1.165, 1.54) is 11.1 Å². The molecule has 0 aliphatic carbocycles. The molecule has 3 rings (SSSR count). The maximum Gasteiger partial charge on any atom is 0.126 e. The maximum absolute atomic E-state index is 6.30. The number of hydrogen-bond acceptors (Lipinski definition) is 3. The second-order valence-corrected chi connectivity index (χ2v) is 5.79. The van der Waals surface area contributed by atoms with Crippen LogP contribution in [-0.2, 0) is 19.5 Å². The fourth-order valence-corrected chi connectivity index (χ4v) is 2.94. The van der Waals surface area contributed by atoms with Gasteiger partial charge in [-0.15, -0.1) is 0 Å². The first-order chi connectivity index (χ1) is 10.3. The quantitative estimate of drug-likeness (QED) is 0.933. The van der Waals surface area contributed by atoms with Gasteiger partial charge in [0, 0.05) is 26.2 Å². The summed E-state index contributed by atoms with van der Waals surface area (Å²) < 4.78 is 0. The van der Waals surface area contributed by atoms with Crippen molar-refractivity contribution in [3.8, 4) is 0 Å². The third kappa shape index (κ3) is 3.36. The molecule has 0 amide bonds. The number of benzene rings is 1. The van der Waals surface area contributed by atoms with Gasteiger partial charge in [-0.05, 0) is 36.6 Å². The molecule has 1 aliphatic heterocycles. The predicted molar refractivity (Wildman–Crippen MR) is 87.7 cm³/mol. The lowest BCUT2D eigenvalue weighted by Crippen LogP contribution is -2.30. The Balaban J connectivity index is 1.74. The molecule has 1 aliphatic rings. The van der Waals surface area contributed by atoms with Gasteiger partial charge in [-0.1, -0.05) is 35.9 Å². The Kier molecular flexibility index (Phi) is 4.42. The molecule has 0 unspecified atom stereocenters. The summed E-state index contributed by atoms with van der Waals surface area (Å²) in [4.78, 5) is 7.04. The highest BCUT2D eigenvalue weighted by Gasteiger charge is 2.17.